The van der Waals surface area contributed by atoms with Crippen LogP contribution in [0.3, 0.4) is 0 Å². The van der Waals surface area contributed by atoms with Gasteiger partial charge in [-0.1, -0.05) is 35.9 Å². The summed E-state index contributed by atoms with van der Waals surface area (Å²) >= 11 is 6.22. The first-order valence-electron chi connectivity index (χ1n) is 7.45. The Morgan fingerprint density at radius 3 is 2.52 bits per heavy atom. The Bertz CT molecular complexity index is 631. The molecule has 124 valence electrons. The molecule has 0 heterocycles. The number of ether oxygens (including phenoxy) is 1. The Morgan fingerprint density at radius 2 is 1.96 bits per heavy atom. The number of rotatable bonds is 6. The van der Waals surface area contributed by atoms with Crippen molar-refractivity contribution in [1.82, 2.24) is 0 Å². The molecule has 0 fully saturated rings. The lowest BCUT2D eigenvalue weighted by Crippen LogP contribution is -2.51. The average Bonchev–Trinajstić information content (AvgIpc) is 2.50. The smallest absolute Gasteiger partial charge is 0.131 e. The van der Waals surface area contributed by atoms with Gasteiger partial charge in [0.05, 0.1) is 17.1 Å². The van der Waals surface area contributed by atoms with Gasteiger partial charge in [0.25, 0.3) is 0 Å². The van der Waals surface area contributed by atoms with Gasteiger partial charge in [-0.25, -0.2) is 0 Å². The molecule has 0 spiro atoms. The topological polar surface area (TPSA) is 66.8 Å². The highest BCUT2D eigenvalue weighted by Gasteiger charge is 2.50. The molecule has 2 unspecified atom stereocenters. The van der Waals surface area contributed by atoms with E-state index in [0.717, 1.165) is 5.56 Å². The predicted octanol–water partition coefficient (Wildman–Crippen LogP) is 2.72. The fraction of sp³-hybridized carbons (Fsp3) is 0.389. The lowest BCUT2D eigenvalue weighted by molar-refractivity contribution is -0.119. The Morgan fingerprint density at radius 1 is 1.30 bits per heavy atom. The third-order valence-electron chi connectivity index (χ3n) is 4.21. The van der Waals surface area contributed by atoms with Crippen molar-refractivity contribution in [2.45, 2.75) is 31.3 Å². The van der Waals surface area contributed by atoms with E-state index >= 15 is 0 Å². The van der Waals surface area contributed by atoms with E-state index in [1.54, 1.807) is 31.2 Å². The van der Waals surface area contributed by atoms with Gasteiger partial charge < -0.3 is 14.9 Å². The quantitative estimate of drug-likeness (QED) is 0.838. The Kier molecular flexibility index (Phi) is 5.30. The molecule has 2 rings (SSSR count). The van der Waals surface area contributed by atoms with Crippen LogP contribution >= 0.6 is 11.6 Å². The Labute approximate surface area is 141 Å². The first kappa shape index (κ1) is 17.7. The predicted molar refractivity (Wildman–Crippen MR) is 89.7 cm³/mol. The van der Waals surface area contributed by atoms with Crippen LogP contribution in [0, 0.1) is 0 Å². The summed E-state index contributed by atoms with van der Waals surface area (Å²) in [6.45, 7) is 3.27. The van der Waals surface area contributed by atoms with E-state index in [1.165, 1.54) is 6.92 Å². The summed E-state index contributed by atoms with van der Waals surface area (Å²) in [5.74, 6) is 0.573. The van der Waals surface area contributed by atoms with Crippen molar-refractivity contribution in [1.29, 1.82) is 0 Å². The third-order valence-corrected chi connectivity index (χ3v) is 4.71. The van der Waals surface area contributed by atoms with Crippen molar-refractivity contribution in [3.05, 3.63) is 53.1 Å². The van der Waals surface area contributed by atoms with Gasteiger partial charge in [-0.2, -0.15) is 0 Å². The second-order valence-electron chi connectivity index (χ2n) is 5.89. The van der Waals surface area contributed by atoms with Crippen molar-refractivity contribution >= 4 is 17.4 Å². The second-order valence-corrected chi connectivity index (χ2v) is 6.30. The van der Waals surface area contributed by atoms with Gasteiger partial charge in [0.2, 0.25) is 0 Å². The molecule has 0 saturated carbocycles. The van der Waals surface area contributed by atoms with Gasteiger partial charge in [0, 0.05) is 6.42 Å². The van der Waals surface area contributed by atoms with Gasteiger partial charge in [-0.05, 0) is 37.6 Å². The standard InChI is InChI=1S/C18H21ClO4/c1-13(21)12-18(9-3-4-16(19)17(18,2)22)14-5-7-15(8-6-14)23-11-10-20/h3-9,20,22H,10-12H2,1-2H3. The molecular formula is C18H21ClO4. The minimum Gasteiger partial charge on any atom is -0.491 e. The molecule has 1 aromatic rings. The number of aliphatic hydroxyl groups excluding tert-OH is 1. The summed E-state index contributed by atoms with van der Waals surface area (Å²) in [4.78, 5) is 11.8. The average molecular weight is 337 g/mol. The second kappa shape index (κ2) is 6.87. The number of ketones is 1. The molecule has 0 saturated heterocycles. The fourth-order valence-electron chi connectivity index (χ4n) is 2.95. The van der Waals surface area contributed by atoms with E-state index in [4.69, 9.17) is 21.4 Å². The summed E-state index contributed by atoms with van der Waals surface area (Å²) in [6.07, 6.45) is 5.36. The van der Waals surface area contributed by atoms with Crippen molar-refractivity contribution in [3.63, 3.8) is 0 Å². The molecule has 0 aliphatic heterocycles. The highest BCUT2D eigenvalue weighted by molar-refractivity contribution is 6.31. The first-order chi connectivity index (χ1) is 10.8. The zero-order valence-corrected chi connectivity index (χ0v) is 14.0. The van der Waals surface area contributed by atoms with E-state index in [-0.39, 0.29) is 25.4 Å². The molecular weight excluding hydrogens is 316 g/mol. The SMILES string of the molecule is CC(=O)CC1(c2ccc(OCCO)cc2)C=CC=C(Cl)C1(C)O. The molecule has 23 heavy (non-hydrogen) atoms. The normalized spacial score (nSPS) is 26.7. The summed E-state index contributed by atoms with van der Waals surface area (Å²) in [7, 11) is 0. The molecule has 0 bridgehead atoms. The van der Waals surface area contributed by atoms with Crippen LogP contribution < -0.4 is 4.74 Å². The maximum Gasteiger partial charge on any atom is 0.131 e. The van der Waals surface area contributed by atoms with Crippen molar-refractivity contribution < 1.29 is 19.7 Å². The van der Waals surface area contributed by atoms with Gasteiger partial charge >= 0.3 is 0 Å². The molecule has 1 aromatic carbocycles. The zero-order chi connectivity index (χ0) is 17.1. The summed E-state index contributed by atoms with van der Waals surface area (Å²) in [6, 6.07) is 7.12. The highest BCUT2D eigenvalue weighted by Crippen LogP contribution is 2.47. The van der Waals surface area contributed by atoms with Crippen LogP contribution in [0.5, 0.6) is 5.75 Å². The van der Waals surface area contributed by atoms with Gasteiger partial charge in [0.1, 0.15) is 23.7 Å². The maximum atomic E-state index is 11.8. The first-order valence-corrected chi connectivity index (χ1v) is 7.83. The van der Waals surface area contributed by atoms with Crippen molar-refractivity contribution in [2.24, 2.45) is 0 Å². The summed E-state index contributed by atoms with van der Waals surface area (Å²) in [5.41, 5.74) is -1.54. The number of allylic oxidation sites excluding steroid dienone is 2. The lowest BCUT2D eigenvalue weighted by atomic mass is 9.63. The van der Waals surface area contributed by atoms with Crippen LogP contribution in [-0.4, -0.2) is 34.8 Å². The molecule has 5 heteroatoms. The Balaban J connectivity index is 2.45. The minimum absolute atomic E-state index is 0.0399. The number of carbonyl (C=O) groups is 1. The summed E-state index contributed by atoms with van der Waals surface area (Å²) < 4.78 is 5.35. The number of hydrogen-bond donors (Lipinski definition) is 2. The molecule has 0 amide bonds. The van der Waals surface area contributed by atoms with Crippen LogP contribution in [0.2, 0.25) is 0 Å². The number of halogens is 1. The highest BCUT2D eigenvalue weighted by atomic mass is 35.5. The summed E-state index contributed by atoms with van der Waals surface area (Å²) in [5, 5.41) is 20.1. The molecule has 0 aromatic heterocycles. The molecule has 1 aliphatic rings. The van der Waals surface area contributed by atoms with Gasteiger partial charge in [-0.15, -0.1) is 0 Å². The minimum atomic E-state index is -1.39. The van der Waals surface area contributed by atoms with Crippen molar-refractivity contribution in [2.75, 3.05) is 13.2 Å². The van der Waals surface area contributed by atoms with Gasteiger partial charge in [0.15, 0.2) is 0 Å². The van der Waals surface area contributed by atoms with Crippen LogP contribution in [-0.2, 0) is 10.2 Å². The zero-order valence-electron chi connectivity index (χ0n) is 13.3. The van der Waals surface area contributed by atoms with Gasteiger partial charge in [-0.3, -0.25) is 4.79 Å². The van der Waals surface area contributed by atoms with E-state index < -0.39 is 11.0 Å². The van der Waals surface area contributed by atoms with Crippen molar-refractivity contribution in [3.8, 4) is 5.75 Å². The van der Waals surface area contributed by atoms with Crippen LogP contribution in [0.1, 0.15) is 25.8 Å². The van der Waals surface area contributed by atoms with E-state index in [2.05, 4.69) is 0 Å². The number of benzene rings is 1. The monoisotopic (exact) mass is 336 g/mol. The maximum absolute atomic E-state index is 11.8. The fourth-order valence-corrected chi connectivity index (χ4v) is 3.19. The third kappa shape index (κ3) is 3.34. The lowest BCUT2D eigenvalue weighted by Gasteiger charge is -2.45. The number of Topliss-reactive ketones (excluding diaryl/α,β-unsaturated/α-hetero) is 1. The molecule has 2 N–H and O–H groups in total. The number of carbonyl (C=O) groups excluding carboxylic acids is 1. The molecule has 0 radical (unpaired) electrons. The van der Waals surface area contributed by atoms with Crippen LogP contribution in [0.25, 0.3) is 0 Å². The van der Waals surface area contributed by atoms with E-state index in [0.29, 0.717) is 10.8 Å². The molecule has 1 aliphatic carbocycles. The molecule has 2 atom stereocenters. The van der Waals surface area contributed by atoms with E-state index in [1.807, 2.05) is 18.2 Å². The largest absolute Gasteiger partial charge is 0.491 e. The van der Waals surface area contributed by atoms with Crippen LogP contribution in [0.4, 0.5) is 0 Å². The van der Waals surface area contributed by atoms with Crippen LogP contribution in [0.15, 0.2) is 47.5 Å². The number of aliphatic hydroxyl groups is 2. The molecule has 4 nitrogen and oxygen atoms in total. The van der Waals surface area contributed by atoms with E-state index in [9.17, 15) is 9.90 Å². The Hall–Kier alpha value is -1.62. The number of hydrogen-bond acceptors (Lipinski definition) is 4.